The molecule has 1 aliphatic rings. The Morgan fingerprint density at radius 1 is 1.25 bits per heavy atom. The fraction of sp³-hybridized carbons (Fsp3) is 0.500. The highest BCUT2D eigenvalue weighted by molar-refractivity contribution is 5.94. The normalized spacial score (nSPS) is 16.4. The number of hydrogen-bond acceptors (Lipinski definition) is 1. The predicted molar refractivity (Wildman–Crippen MR) is 65.7 cm³/mol. The number of rotatable bonds is 3. The number of nitrogens with one attached hydrogen (secondary N) is 1. The van der Waals surface area contributed by atoms with E-state index in [2.05, 4.69) is 5.32 Å². The SMILES string of the molecule is O=C(NCC1CCCC1)c1cc(C(F)(F)F)ccc1F. The van der Waals surface area contributed by atoms with E-state index in [1.807, 2.05) is 0 Å². The van der Waals surface area contributed by atoms with Crippen LogP contribution in [0.15, 0.2) is 18.2 Å². The second-order valence-corrected chi connectivity index (χ2v) is 5.05. The van der Waals surface area contributed by atoms with Crippen LogP contribution in [0.25, 0.3) is 0 Å². The summed E-state index contributed by atoms with van der Waals surface area (Å²) in [6.45, 7) is 0.383. The van der Waals surface area contributed by atoms with Gasteiger partial charge < -0.3 is 5.32 Å². The lowest BCUT2D eigenvalue weighted by molar-refractivity contribution is -0.137. The summed E-state index contributed by atoms with van der Waals surface area (Å²) in [7, 11) is 0. The van der Waals surface area contributed by atoms with Gasteiger partial charge in [0.15, 0.2) is 0 Å². The van der Waals surface area contributed by atoms with Crippen LogP contribution in [0.3, 0.4) is 0 Å². The van der Waals surface area contributed by atoms with Crippen LogP contribution in [0.4, 0.5) is 17.6 Å². The Morgan fingerprint density at radius 2 is 1.90 bits per heavy atom. The average molecular weight is 289 g/mol. The molecule has 0 unspecified atom stereocenters. The molecule has 0 heterocycles. The summed E-state index contributed by atoms with van der Waals surface area (Å²) in [6, 6.07) is 1.86. The fourth-order valence-corrected chi connectivity index (χ4v) is 2.42. The summed E-state index contributed by atoms with van der Waals surface area (Å²) in [6.07, 6.45) is -0.415. The van der Waals surface area contributed by atoms with Crippen LogP contribution < -0.4 is 5.32 Å². The number of hydrogen-bond donors (Lipinski definition) is 1. The predicted octanol–water partition coefficient (Wildman–Crippen LogP) is 3.76. The van der Waals surface area contributed by atoms with Gasteiger partial charge >= 0.3 is 6.18 Å². The molecule has 2 rings (SSSR count). The highest BCUT2D eigenvalue weighted by Crippen LogP contribution is 2.30. The molecule has 0 spiro atoms. The van der Waals surface area contributed by atoms with E-state index in [1.165, 1.54) is 0 Å². The minimum atomic E-state index is -4.59. The Morgan fingerprint density at radius 3 is 2.50 bits per heavy atom. The molecule has 0 aliphatic heterocycles. The Balaban J connectivity index is 2.08. The van der Waals surface area contributed by atoms with E-state index >= 15 is 0 Å². The number of alkyl halides is 3. The topological polar surface area (TPSA) is 29.1 Å². The van der Waals surface area contributed by atoms with Crippen molar-refractivity contribution < 1.29 is 22.4 Å². The molecule has 1 amide bonds. The van der Waals surface area contributed by atoms with Crippen LogP contribution >= 0.6 is 0 Å². The number of carbonyl (C=O) groups excluding carboxylic acids is 1. The van der Waals surface area contributed by atoms with Gasteiger partial charge in [-0.15, -0.1) is 0 Å². The maximum atomic E-state index is 13.5. The molecule has 1 aliphatic carbocycles. The molecule has 0 atom stereocenters. The zero-order valence-electron chi connectivity index (χ0n) is 10.8. The molecule has 1 saturated carbocycles. The molecule has 1 fully saturated rings. The summed E-state index contributed by atoms with van der Waals surface area (Å²) in [4.78, 5) is 11.8. The summed E-state index contributed by atoms with van der Waals surface area (Å²) in [5.41, 5.74) is -1.58. The van der Waals surface area contributed by atoms with Crippen molar-refractivity contribution >= 4 is 5.91 Å². The summed E-state index contributed by atoms with van der Waals surface area (Å²) in [5.74, 6) is -1.39. The van der Waals surface area contributed by atoms with Crippen LogP contribution in [0.5, 0.6) is 0 Å². The summed E-state index contributed by atoms with van der Waals surface area (Å²) < 4.78 is 51.1. The lowest BCUT2D eigenvalue weighted by Gasteiger charge is -2.12. The lowest BCUT2D eigenvalue weighted by Crippen LogP contribution is -2.29. The number of amides is 1. The van der Waals surface area contributed by atoms with Crippen LogP contribution in [-0.2, 0) is 6.18 Å². The molecule has 2 nitrogen and oxygen atoms in total. The third-order valence-electron chi connectivity index (χ3n) is 3.56. The highest BCUT2D eigenvalue weighted by atomic mass is 19.4. The van der Waals surface area contributed by atoms with E-state index in [0.717, 1.165) is 25.7 Å². The maximum Gasteiger partial charge on any atom is 0.416 e. The molecule has 110 valence electrons. The molecule has 6 heteroatoms. The zero-order chi connectivity index (χ0) is 14.8. The van der Waals surface area contributed by atoms with Gasteiger partial charge in [0.2, 0.25) is 0 Å². The second kappa shape index (κ2) is 5.81. The first-order valence-electron chi connectivity index (χ1n) is 6.53. The van der Waals surface area contributed by atoms with Crippen LogP contribution in [-0.4, -0.2) is 12.5 Å². The van der Waals surface area contributed by atoms with E-state index in [4.69, 9.17) is 0 Å². The van der Waals surface area contributed by atoms with Gasteiger partial charge in [0, 0.05) is 6.54 Å². The Kier molecular flexibility index (Phi) is 4.30. The number of halogens is 4. The van der Waals surface area contributed by atoms with Crippen molar-refractivity contribution in [3.05, 3.63) is 35.1 Å². The Hall–Kier alpha value is -1.59. The van der Waals surface area contributed by atoms with Crippen LogP contribution in [0.2, 0.25) is 0 Å². The van der Waals surface area contributed by atoms with Gasteiger partial charge in [-0.3, -0.25) is 4.79 Å². The maximum absolute atomic E-state index is 13.5. The Labute approximate surface area is 114 Å². The van der Waals surface area contributed by atoms with Crippen molar-refractivity contribution in [2.45, 2.75) is 31.9 Å². The van der Waals surface area contributed by atoms with Crippen LogP contribution in [0, 0.1) is 11.7 Å². The second-order valence-electron chi connectivity index (χ2n) is 5.05. The van der Waals surface area contributed by atoms with E-state index in [0.29, 0.717) is 30.7 Å². The lowest BCUT2D eigenvalue weighted by atomic mass is 10.1. The van der Waals surface area contributed by atoms with Crippen molar-refractivity contribution in [3.63, 3.8) is 0 Å². The fourth-order valence-electron chi connectivity index (χ4n) is 2.42. The van der Waals surface area contributed by atoms with Gasteiger partial charge in [-0.1, -0.05) is 12.8 Å². The molecule has 1 N–H and O–H groups in total. The van der Waals surface area contributed by atoms with Gasteiger partial charge in [-0.05, 0) is 37.0 Å². The van der Waals surface area contributed by atoms with E-state index in [1.54, 1.807) is 0 Å². The minimum absolute atomic E-state index is 0.341. The van der Waals surface area contributed by atoms with Crippen LogP contribution in [0.1, 0.15) is 41.6 Å². The monoisotopic (exact) mass is 289 g/mol. The first-order chi connectivity index (χ1) is 9.38. The van der Waals surface area contributed by atoms with E-state index < -0.39 is 29.0 Å². The van der Waals surface area contributed by atoms with Crippen molar-refractivity contribution in [2.75, 3.05) is 6.54 Å². The highest BCUT2D eigenvalue weighted by Gasteiger charge is 2.32. The van der Waals surface area contributed by atoms with Crippen molar-refractivity contribution in [1.29, 1.82) is 0 Å². The van der Waals surface area contributed by atoms with Gasteiger partial charge in [-0.2, -0.15) is 13.2 Å². The van der Waals surface area contributed by atoms with Gasteiger partial charge in [-0.25, -0.2) is 4.39 Å². The largest absolute Gasteiger partial charge is 0.416 e. The first kappa shape index (κ1) is 14.8. The molecule has 0 bridgehead atoms. The zero-order valence-corrected chi connectivity index (χ0v) is 10.8. The number of carbonyl (C=O) groups is 1. The molecular formula is C14H15F4NO. The third kappa shape index (κ3) is 3.49. The first-order valence-corrected chi connectivity index (χ1v) is 6.53. The smallest absolute Gasteiger partial charge is 0.352 e. The molecule has 20 heavy (non-hydrogen) atoms. The molecule has 1 aromatic rings. The molecular weight excluding hydrogens is 274 g/mol. The standard InChI is InChI=1S/C14H15F4NO/c15-12-6-5-10(14(16,17)18)7-11(12)13(20)19-8-9-3-1-2-4-9/h5-7,9H,1-4,8H2,(H,19,20). The molecule has 0 saturated heterocycles. The van der Waals surface area contributed by atoms with Gasteiger partial charge in [0.1, 0.15) is 5.82 Å². The van der Waals surface area contributed by atoms with Crippen molar-refractivity contribution in [1.82, 2.24) is 5.32 Å². The molecule has 0 aromatic heterocycles. The van der Waals surface area contributed by atoms with E-state index in [9.17, 15) is 22.4 Å². The van der Waals surface area contributed by atoms with E-state index in [-0.39, 0.29) is 0 Å². The quantitative estimate of drug-likeness (QED) is 0.843. The minimum Gasteiger partial charge on any atom is -0.352 e. The Bertz CT molecular complexity index is 492. The van der Waals surface area contributed by atoms with Gasteiger partial charge in [0.25, 0.3) is 5.91 Å². The van der Waals surface area contributed by atoms with Gasteiger partial charge in [0.05, 0.1) is 11.1 Å². The summed E-state index contributed by atoms with van der Waals surface area (Å²) in [5, 5.41) is 2.51. The third-order valence-corrected chi connectivity index (χ3v) is 3.56. The molecule has 0 radical (unpaired) electrons. The summed E-state index contributed by atoms with van der Waals surface area (Å²) >= 11 is 0. The number of benzene rings is 1. The molecule has 1 aromatic carbocycles. The van der Waals surface area contributed by atoms with Crippen molar-refractivity contribution in [2.24, 2.45) is 5.92 Å². The van der Waals surface area contributed by atoms with Crippen molar-refractivity contribution in [3.8, 4) is 0 Å². The average Bonchev–Trinajstić information content (AvgIpc) is 2.88.